The average molecular weight is 357 g/mol. The van der Waals surface area contributed by atoms with Crippen molar-refractivity contribution in [2.75, 3.05) is 0 Å². The fourth-order valence-electron chi connectivity index (χ4n) is 4.03. The highest BCUT2D eigenvalue weighted by Crippen LogP contribution is 2.42. The zero-order chi connectivity index (χ0) is 22.8. The molecule has 0 unspecified atom stereocenters. The molecule has 0 radical (unpaired) electrons. The SMILES string of the molecule is [2H]C([2H])([2H])C([2H])([2H])c1cc[n+](C)c(-c2c(C)c3ccccc3c3c2oc2ccccc23)c1. The number of hydrogen-bond acceptors (Lipinski definition) is 1. The quantitative estimate of drug-likeness (QED) is 0.349. The number of rotatable bonds is 2. The fraction of sp³-hybridized carbons (Fsp3) is 0.160. The van der Waals surface area contributed by atoms with E-state index in [-0.39, 0.29) is 5.56 Å². The Labute approximate surface area is 165 Å². The summed E-state index contributed by atoms with van der Waals surface area (Å²) in [6.45, 7) is -0.757. The number of hydrogen-bond donors (Lipinski definition) is 0. The second-order valence-corrected chi connectivity index (χ2v) is 6.88. The molecule has 0 aliphatic carbocycles. The van der Waals surface area contributed by atoms with Gasteiger partial charge in [0.05, 0.1) is 5.56 Å². The smallest absolute Gasteiger partial charge is 0.216 e. The van der Waals surface area contributed by atoms with Gasteiger partial charge in [-0.05, 0) is 41.3 Å². The van der Waals surface area contributed by atoms with Gasteiger partial charge in [-0.15, -0.1) is 0 Å². The second-order valence-electron chi connectivity index (χ2n) is 6.88. The molecule has 0 fully saturated rings. The molecule has 0 spiro atoms. The van der Waals surface area contributed by atoms with Gasteiger partial charge >= 0.3 is 0 Å². The molecule has 0 saturated heterocycles. The summed E-state index contributed by atoms with van der Waals surface area (Å²) in [6, 6.07) is 19.2. The fourth-order valence-corrected chi connectivity index (χ4v) is 4.03. The Morgan fingerprint density at radius 1 is 1.00 bits per heavy atom. The summed E-state index contributed by atoms with van der Waals surface area (Å²) in [5.41, 5.74) is 4.13. The molecule has 0 atom stereocenters. The summed E-state index contributed by atoms with van der Waals surface area (Å²) >= 11 is 0. The van der Waals surface area contributed by atoms with Crippen molar-refractivity contribution in [3.05, 3.63) is 78.0 Å². The topological polar surface area (TPSA) is 17.0 Å². The van der Waals surface area contributed by atoms with Crippen LogP contribution in [0.5, 0.6) is 0 Å². The third-order valence-corrected chi connectivity index (χ3v) is 5.35. The van der Waals surface area contributed by atoms with Gasteiger partial charge in [-0.2, -0.15) is 0 Å². The Bertz CT molecular complexity index is 1510. The molecule has 27 heavy (non-hydrogen) atoms. The number of benzene rings is 3. The van der Waals surface area contributed by atoms with E-state index < -0.39 is 13.2 Å². The summed E-state index contributed by atoms with van der Waals surface area (Å²) < 4.78 is 47.8. The predicted molar refractivity (Wildman–Crippen MR) is 112 cm³/mol. The molecule has 0 bridgehead atoms. The van der Waals surface area contributed by atoms with Crippen LogP contribution in [0.1, 0.15) is 24.8 Å². The van der Waals surface area contributed by atoms with Crippen LogP contribution in [0.15, 0.2) is 71.3 Å². The van der Waals surface area contributed by atoms with Crippen molar-refractivity contribution in [3.8, 4) is 11.3 Å². The highest BCUT2D eigenvalue weighted by Gasteiger charge is 2.23. The number of para-hydroxylation sites is 1. The summed E-state index contributed by atoms with van der Waals surface area (Å²) in [7, 11) is 1.87. The maximum Gasteiger partial charge on any atom is 0.216 e. The number of fused-ring (bicyclic) bond motifs is 5. The van der Waals surface area contributed by atoms with E-state index in [0.717, 1.165) is 38.3 Å². The maximum absolute atomic E-state index is 8.26. The van der Waals surface area contributed by atoms with E-state index in [1.165, 1.54) is 6.07 Å². The summed E-state index contributed by atoms with van der Waals surface area (Å²) in [5.74, 6) is 0. The highest BCUT2D eigenvalue weighted by molar-refractivity contribution is 6.23. The molecule has 0 aliphatic heterocycles. The maximum atomic E-state index is 8.26. The largest absolute Gasteiger partial charge is 0.455 e. The van der Waals surface area contributed by atoms with Crippen molar-refractivity contribution in [2.45, 2.75) is 20.1 Å². The zero-order valence-corrected chi connectivity index (χ0v) is 15.2. The third-order valence-electron chi connectivity index (χ3n) is 5.35. The van der Waals surface area contributed by atoms with E-state index >= 15 is 0 Å². The lowest BCUT2D eigenvalue weighted by atomic mass is 9.92. The van der Waals surface area contributed by atoms with E-state index in [9.17, 15) is 0 Å². The molecule has 0 aliphatic rings. The Morgan fingerprint density at radius 2 is 1.74 bits per heavy atom. The molecule has 2 nitrogen and oxygen atoms in total. The number of aromatic nitrogens is 1. The third kappa shape index (κ3) is 2.30. The highest BCUT2D eigenvalue weighted by atomic mass is 16.3. The molecule has 0 amide bonds. The molecule has 5 aromatic rings. The van der Waals surface area contributed by atoms with Gasteiger partial charge in [0, 0.05) is 29.8 Å². The van der Waals surface area contributed by atoms with Crippen LogP contribution in [-0.4, -0.2) is 0 Å². The monoisotopic (exact) mass is 357 g/mol. The van der Waals surface area contributed by atoms with Crippen LogP contribution < -0.4 is 4.57 Å². The lowest BCUT2D eigenvalue weighted by Gasteiger charge is -2.11. The Morgan fingerprint density at radius 3 is 2.56 bits per heavy atom. The Kier molecular flexibility index (Phi) is 2.55. The lowest BCUT2D eigenvalue weighted by molar-refractivity contribution is -0.660. The van der Waals surface area contributed by atoms with Gasteiger partial charge in [-0.3, -0.25) is 0 Å². The van der Waals surface area contributed by atoms with Crippen LogP contribution >= 0.6 is 0 Å². The van der Waals surface area contributed by atoms with Gasteiger partial charge < -0.3 is 4.42 Å². The molecule has 2 heterocycles. The molecular formula is C25H22NO+. The van der Waals surface area contributed by atoms with Crippen LogP contribution in [-0.2, 0) is 13.4 Å². The van der Waals surface area contributed by atoms with Gasteiger partial charge in [-0.25, -0.2) is 4.57 Å². The molecule has 0 saturated carbocycles. The molecule has 2 aromatic heterocycles. The Balaban J connectivity index is 1.94. The van der Waals surface area contributed by atoms with E-state index in [1.54, 1.807) is 12.3 Å². The molecule has 132 valence electrons. The molecule has 3 aromatic carbocycles. The minimum atomic E-state index is -2.78. The van der Waals surface area contributed by atoms with Crippen molar-refractivity contribution in [1.29, 1.82) is 0 Å². The normalized spacial score (nSPS) is 15.4. The number of pyridine rings is 1. The van der Waals surface area contributed by atoms with Crippen LogP contribution in [0.3, 0.4) is 0 Å². The number of nitrogens with zero attached hydrogens (tertiary/aromatic N) is 1. The van der Waals surface area contributed by atoms with Crippen molar-refractivity contribution in [3.63, 3.8) is 0 Å². The molecule has 0 N–H and O–H groups in total. The van der Waals surface area contributed by atoms with Gasteiger partial charge in [0.25, 0.3) is 0 Å². The first-order valence-corrected chi connectivity index (χ1v) is 8.94. The van der Waals surface area contributed by atoms with Crippen LogP contribution in [0.2, 0.25) is 0 Å². The van der Waals surface area contributed by atoms with Crippen molar-refractivity contribution < 1.29 is 15.8 Å². The van der Waals surface area contributed by atoms with Crippen LogP contribution in [0, 0.1) is 6.92 Å². The van der Waals surface area contributed by atoms with Gasteiger partial charge in [0.15, 0.2) is 6.20 Å². The molecule has 5 rings (SSSR count). The summed E-state index contributed by atoms with van der Waals surface area (Å²) in [6.07, 6.45) is -0.773. The van der Waals surface area contributed by atoms with Crippen molar-refractivity contribution in [1.82, 2.24) is 0 Å². The second kappa shape index (κ2) is 5.95. The lowest BCUT2D eigenvalue weighted by Crippen LogP contribution is -2.30. The minimum absolute atomic E-state index is 0.113. The van der Waals surface area contributed by atoms with E-state index in [2.05, 4.69) is 12.1 Å². The van der Waals surface area contributed by atoms with Gasteiger partial charge in [0.2, 0.25) is 5.69 Å². The first-order valence-electron chi connectivity index (χ1n) is 11.4. The van der Waals surface area contributed by atoms with Gasteiger partial charge in [-0.1, -0.05) is 49.3 Å². The number of aryl methyl sites for hydroxylation is 3. The molecule has 2 heteroatoms. The summed E-state index contributed by atoms with van der Waals surface area (Å²) in [5, 5.41) is 4.17. The van der Waals surface area contributed by atoms with E-state index in [0.29, 0.717) is 11.3 Å². The minimum Gasteiger partial charge on any atom is -0.455 e. The first-order chi connectivity index (χ1) is 15.1. The van der Waals surface area contributed by atoms with Crippen molar-refractivity contribution in [2.24, 2.45) is 7.05 Å². The van der Waals surface area contributed by atoms with Gasteiger partial charge in [0.1, 0.15) is 18.2 Å². The van der Waals surface area contributed by atoms with Crippen LogP contribution in [0.4, 0.5) is 0 Å². The standard InChI is InChI=1S/C25H22NO/c1-4-17-13-14-26(3)21(15-17)23-16(2)18-9-5-6-10-19(18)24-20-11-7-8-12-22(20)27-25(23)24/h5-15H,4H2,1-3H3/q+1/i1D3,4D2. The Hall–Kier alpha value is -3.13. The number of furan rings is 1. The van der Waals surface area contributed by atoms with Crippen molar-refractivity contribution >= 4 is 32.7 Å². The summed E-state index contributed by atoms with van der Waals surface area (Å²) in [4.78, 5) is 0. The average Bonchev–Trinajstić information content (AvgIpc) is 3.13. The van der Waals surface area contributed by atoms with Crippen LogP contribution in [0.25, 0.3) is 44.0 Å². The predicted octanol–water partition coefficient (Wildman–Crippen LogP) is 6.10. The molecular weight excluding hydrogens is 330 g/mol. The zero-order valence-electron chi connectivity index (χ0n) is 20.2. The van der Waals surface area contributed by atoms with E-state index in [1.807, 2.05) is 54.9 Å². The van der Waals surface area contributed by atoms with E-state index in [4.69, 9.17) is 11.3 Å². The first kappa shape index (κ1) is 11.6.